The Kier molecular flexibility index (Phi) is 4.80. The van der Waals surface area contributed by atoms with E-state index in [1.54, 1.807) is 11.1 Å². The molecule has 0 aliphatic heterocycles. The first-order valence-corrected chi connectivity index (χ1v) is 9.17. The molecule has 3 atom stereocenters. The molecule has 126 valence electrons. The Hall–Kier alpha value is -0.790. The normalized spacial score (nSPS) is 35.9. The SMILES string of the molecule is CCC1(C(=O)O)CCCC2(C)C(C(C)C)=C(C(C)C)CCC21. The molecule has 0 aromatic rings. The Morgan fingerprint density at radius 3 is 2.32 bits per heavy atom. The van der Waals surface area contributed by atoms with Gasteiger partial charge in [-0.25, -0.2) is 0 Å². The van der Waals surface area contributed by atoms with Crippen LogP contribution in [0.15, 0.2) is 11.1 Å². The second-order valence-corrected chi connectivity index (χ2v) is 8.43. The average molecular weight is 306 g/mol. The highest BCUT2D eigenvalue weighted by Gasteiger charge is 2.57. The maximum Gasteiger partial charge on any atom is 0.309 e. The van der Waals surface area contributed by atoms with Crippen LogP contribution in [-0.2, 0) is 4.79 Å². The summed E-state index contributed by atoms with van der Waals surface area (Å²) >= 11 is 0. The zero-order valence-corrected chi connectivity index (χ0v) is 15.3. The molecule has 2 aliphatic rings. The van der Waals surface area contributed by atoms with Gasteiger partial charge in [0.2, 0.25) is 0 Å². The van der Waals surface area contributed by atoms with Crippen LogP contribution in [0.4, 0.5) is 0 Å². The fourth-order valence-corrected chi connectivity index (χ4v) is 5.91. The third-order valence-corrected chi connectivity index (χ3v) is 6.75. The number of allylic oxidation sites excluding steroid dienone is 2. The Morgan fingerprint density at radius 1 is 1.23 bits per heavy atom. The van der Waals surface area contributed by atoms with Crippen LogP contribution < -0.4 is 0 Å². The molecule has 2 aliphatic carbocycles. The van der Waals surface area contributed by atoms with Gasteiger partial charge in [-0.05, 0) is 55.3 Å². The van der Waals surface area contributed by atoms with Crippen molar-refractivity contribution in [3.05, 3.63) is 11.1 Å². The van der Waals surface area contributed by atoms with Crippen LogP contribution >= 0.6 is 0 Å². The maximum atomic E-state index is 12.2. The molecule has 1 N–H and O–H groups in total. The summed E-state index contributed by atoms with van der Waals surface area (Å²) in [6, 6.07) is 0. The van der Waals surface area contributed by atoms with E-state index in [1.807, 2.05) is 0 Å². The number of rotatable bonds is 4. The van der Waals surface area contributed by atoms with Crippen molar-refractivity contribution in [2.24, 2.45) is 28.6 Å². The Morgan fingerprint density at radius 2 is 1.86 bits per heavy atom. The number of carboxylic acids is 1. The van der Waals surface area contributed by atoms with Crippen molar-refractivity contribution < 1.29 is 9.90 Å². The minimum atomic E-state index is -0.554. The van der Waals surface area contributed by atoms with Crippen molar-refractivity contribution in [1.29, 1.82) is 0 Å². The average Bonchev–Trinajstić information content (AvgIpc) is 2.43. The van der Waals surface area contributed by atoms with Gasteiger partial charge in [0, 0.05) is 0 Å². The highest BCUT2D eigenvalue weighted by molar-refractivity contribution is 5.75. The Balaban J connectivity index is 2.59. The lowest BCUT2D eigenvalue weighted by atomic mass is 9.47. The van der Waals surface area contributed by atoms with E-state index in [-0.39, 0.29) is 5.41 Å². The lowest BCUT2D eigenvalue weighted by Gasteiger charge is -2.56. The van der Waals surface area contributed by atoms with Gasteiger partial charge in [0.05, 0.1) is 5.41 Å². The van der Waals surface area contributed by atoms with Crippen LogP contribution in [0.5, 0.6) is 0 Å². The molecule has 0 aromatic heterocycles. The molecule has 1 saturated carbocycles. The minimum absolute atomic E-state index is 0.0820. The smallest absolute Gasteiger partial charge is 0.309 e. The third-order valence-electron chi connectivity index (χ3n) is 6.75. The van der Waals surface area contributed by atoms with Crippen molar-refractivity contribution in [3.8, 4) is 0 Å². The predicted octanol–water partition coefficient (Wildman–Crippen LogP) is 5.68. The summed E-state index contributed by atoms with van der Waals surface area (Å²) in [5, 5.41) is 10.0. The Labute approximate surface area is 136 Å². The summed E-state index contributed by atoms with van der Waals surface area (Å²) in [7, 11) is 0. The first-order chi connectivity index (χ1) is 10.2. The summed E-state index contributed by atoms with van der Waals surface area (Å²) in [5.41, 5.74) is 2.79. The topological polar surface area (TPSA) is 37.3 Å². The molecule has 22 heavy (non-hydrogen) atoms. The summed E-state index contributed by atoms with van der Waals surface area (Å²) in [6.07, 6.45) is 6.00. The van der Waals surface area contributed by atoms with Crippen molar-refractivity contribution >= 4 is 5.97 Å². The molecule has 0 radical (unpaired) electrons. The molecule has 0 spiro atoms. The number of hydrogen-bond acceptors (Lipinski definition) is 1. The maximum absolute atomic E-state index is 12.2. The molecule has 0 heterocycles. The zero-order valence-electron chi connectivity index (χ0n) is 15.3. The van der Waals surface area contributed by atoms with Crippen molar-refractivity contribution in [2.75, 3.05) is 0 Å². The third kappa shape index (κ3) is 2.43. The highest BCUT2D eigenvalue weighted by Crippen LogP contribution is 2.62. The highest BCUT2D eigenvalue weighted by atomic mass is 16.4. The number of hydrogen-bond donors (Lipinski definition) is 1. The standard InChI is InChI=1S/C20H34O2/c1-7-20(18(21)22)12-8-11-19(6)16(20)10-9-15(13(2)3)17(19)14(4)5/h13-14,16H,7-12H2,1-6H3,(H,21,22). The van der Waals surface area contributed by atoms with Crippen LogP contribution in [-0.4, -0.2) is 11.1 Å². The van der Waals surface area contributed by atoms with Crippen LogP contribution in [0.3, 0.4) is 0 Å². The minimum Gasteiger partial charge on any atom is -0.481 e. The number of fused-ring (bicyclic) bond motifs is 1. The molecule has 0 saturated heterocycles. The van der Waals surface area contributed by atoms with Gasteiger partial charge in [0.1, 0.15) is 0 Å². The van der Waals surface area contributed by atoms with Crippen LogP contribution in [0.25, 0.3) is 0 Å². The van der Waals surface area contributed by atoms with E-state index in [4.69, 9.17) is 0 Å². The second-order valence-electron chi connectivity index (χ2n) is 8.43. The molecule has 2 nitrogen and oxygen atoms in total. The van der Waals surface area contributed by atoms with Crippen LogP contribution in [0.2, 0.25) is 0 Å². The van der Waals surface area contributed by atoms with Crippen molar-refractivity contribution in [1.82, 2.24) is 0 Å². The van der Waals surface area contributed by atoms with Gasteiger partial charge in [-0.3, -0.25) is 4.79 Å². The first-order valence-electron chi connectivity index (χ1n) is 9.17. The van der Waals surface area contributed by atoms with E-state index >= 15 is 0 Å². The van der Waals surface area contributed by atoms with E-state index < -0.39 is 11.4 Å². The zero-order chi connectivity index (χ0) is 16.7. The second kappa shape index (κ2) is 6.02. The van der Waals surface area contributed by atoms with Gasteiger partial charge < -0.3 is 5.11 Å². The number of aliphatic carboxylic acids is 1. The summed E-state index contributed by atoms with van der Waals surface area (Å²) in [6.45, 7) is 13.7. The molecule has 0 aromatic carbocycles. The molecule has 2 heteroatoms. The number of carboxylic acid groups (broad SMARTS) is 1. The molecular weight excluding hydrogens is 272 g/mol. The quantitative estimate of drug-likeness (QED) is 0.679. The molecule has 1 fully saturated rings. The van der Waals surface area contributed by atoms with Gasteiger partial charge in [0.15, 0.2) is 0 Å². The van der Waals surface area contributed by atoms with Crippen molar-refractivity contribution in [3.63, 3.8) is 0 Å². The van der Waals surface area contributed by atoms with Crippen molar-refractivity contribution in [2.45, 2.75) is 80.1 Å². The van der Waals surface area contributed by atoms with E-state index in [0.29, 0.717) is 17.8 Å². The van der Waals surface area contributed by atoms with Gasteiger partial charge in [-0.1, -0.05) is 59.1 Å². The lowest BCUT2D eigenvalue weighted by molar-refractivity contribution is -0.162. The van der Waals surface area contributed by atoms with Gasteiger partial charge in [-0.2, -0.15) is 0 Å². The predicted molar refractivity (Wildman–Crippen MR) is 91.7 cm³/mol. The molecular formula is C20H34O2. The molecule has 3 unspecified atom stereocenters. The monoisotopic (exact) mass is 306 g/mol. The fourth-order valence-electron chi connectivity index (χ4n) is 5.91. The van der Waals surface area contributed by atoms with Crippen LogP contribution in [0, 0.1) is 28.6 Å². The lowest BCUT2D eigenvalue weighted by Crippen LogP contribution is -2.52. The van der Waals surface area contributed by atoms with Gasteiger partial charge >= 0.3 is 5.97 Å². The van der Waals surface area contributed by atoms with E-state index in [9.17, 15) is 9.90 Å². The summed E-state index contributed by atoms with van der Waals surface area (Å²) < 4.78 is 0. The largest absolute Gasteiger partial charge is 0.481 e. The molecule has 2 rings (SSSR count). The summed E-state index contributed by atoms with van der Waals surface area (Å²) in [4.78, 5) is 12.2. The van der Waals surface area contributed by atoms with Gasteiger partial charge in [0.25, 0.3) is 0 Å². The molecule has 0 bridgehead atoms. The van der Waals surface area contributed by atoms with Gasteiger partial charge in [-0.15, -0.1) is 0 Å². The molecule has 0 amide bonds. The first kappa shape index (κ1) is 17.6. The fraction of sp³-hybridized carbons (Fsp3) is 0.850. The van der Waals surface area contributed by atoms with Crippen LogP contribution in [0.1, 0.15) is 80.1 Å². The Bertz CT molecular complexity index is 474. The van der Waals surface area contributed by atoms with E-state index in [0.717, 1.165) is 38.5 Å². The summed E-state index contributed by atoms with van der Waals surface area (Å²) in [5.74, 6) is 0.850. The van der Waals surface area contributed by atoms with E-state index in [2.05, 4.69) is 41.5 Å². The van der Waals surface area contributed by atoms with E-state index in [1.165, 1.54) is 0 Å². The number of carbonyl (C=O) groups is 1.